The van der Waals surface area contributed by atoms with Crippen molar-refractivity contribution in [2.24, 2.45) is 5.92 Å². The molecule has 0 aliphatic heterocycles. The van der Waals surface area contributed by atoms with Crippen molar-refractivity contribution in [2.45, 2.75) is 45.1 Å². The summed E-state index contributed by atoms with van der Waals surface area (Å²) in [7, 11) is 0. The van der Waals surface area contributed by atoms with E-state index >= 15 is 0 Å². The second-order valence-corrected chi connectivity index (χ2v) is 5.58. The molecule has 0 aromatic heterocycles. The Morgan fingerprint density at radius 2 is 2.29 bits per heavy atom. The molecule has 0 radical (unpaired) electrons. The first kappa shape index (κ1) is 14.8. The molecular formula is C13H25NO2S. The van der Waals surface area contributed by atoms with E-state index in [1.165, 1.54) is 0 Å². The zero-order chi connectivity index (χ0) is 12.7. The van der Waals surface area contributed by atoms with E-state index in [0.29, 0.717) is 12.5 Å². The molecule has 1 rings (SSSR count). The monoisotopic (exact) mass is 259 g/mol. The predicted molar refractivity (Wildman–Crippen MR) is 73.4 cm³/mol. The van der Waals surface area contributed by atoms with Gasteiger partial charge >= 0.3 is 5.97 Å². The van der Waals surface area contributed by atoms with Crippen LogP contribution < -0.4 is 5.32 Å². The van der Waals surface area contributed by atoms with Crippen LogP contribution in [0.25, 0.3) is 0 Å². The van der Waals surface area contributed by atoms with Crippen LogP contribution in [0.2, 0.25) is 0 Å². The van der Waals surface area contributed by atoms with Gasteiger partial charge in [0.15, 0.2) is 0 Å². The maximum absolute atomic E-state index is 12.2. The molecule has 0 spiro atoms. The quantitative estimate of drug-likeness (QED) is 0.713. The lowest BCUT2D eigenvalue weighted by Gasteiger charge is -2.34. The molecule has 3 nitrogen and oxygen atoms in total. The van der Waals surface area contributed by atoms with Gasteiger partial charge < -0.3 is 10.1 Å². The minimum atomic E-state index is -0.402. The van der Waals surface area contributed by atoms with E-state index in [1.807, 2.05) is 18.7 Å². The molecule has 1 N–H and O–H groups in total. The largest absolute Gasteiger partial charge is 0.465 e. The number of carbonyl (C=O) groups is 1. The van der Waals surface area contributed by atoms with E-state index in [-0.39, 0.29) is 5.97 Å². The molecule has 1 saturated carbocycles. The third kappa shape index (κ3) is 3.38. The van der Waals surface area contributed by atoms with Crippen LogP contribution in [0.5, 0.6) is 0 Å². The van der Waals surface area contributed by atoms with E-state index in [1.54, 1.807) is 0 Å². The maximum Gasteiger partial charge on any atom is 0.326 e. The number of hydrogen-bond donors (Lipinski definition) is 1. The van der Waals surface area contributed by atoms with E-state index in [0.717, 1.165) is 38.0 Å². The van der Waals surface area contributed by atoms with Crippen LogP contribution in [0.3, 0.4) is 0 Å². The standard InChI is InChI=1S/C13H25NO2S/c1-4-14-13(12(15)16-5-2)9-6-7-11(13)8-10-17-3/h11,14H,4-10H2,1-3H3. The first-order valence-corrected chi connectivity index (χ1v) is 8.01. The first-order chi connectivity index (χ1) is 8.21. The number of esters is 1. The van der Waals surface area contributed by atoms with Gasteiger partial charge in [0.2, 0.25) is 0 Å². The summed E-state index contributed by atoms with van der Waals surface area (Å²) in [5.74, 6) is 1.52. The number of thioether (sulfide) groups is 1. The fourth-order valence-corrected chi connectivity index (χ4v) is 3.40. The Labute approximate surface area is 109 Å². The van der Waals surface area contributed by atoms with Crippen LogP contribution in [0.1, 0.15) is 39.5 Å². The second kappa shape index (κ2) is 7.27. The van der Waals surface area contributed by atoms with Crippen molar-refractivity contribution in [2.75, 3.05) is 25.2 Å². The summed E-state index contributed by atoms with van der Waals surface area (Å²) in [5.41, 5.74) is -0.402. The first-order valence-electron chi connectivity index (χ1n) is 6.62. The van der Waals surface area contributed by atoms with Crippen LogP contribution in [-0.2, 0) is 9.53 Å². The summed E-state index contributed by atoms with van der Waals surface area (Å²) in [4.78, 5) is 12.2. The zero-order valence-electron chi connectivity index (χ0n) is 11.3. The summed E-state index contributed by atoms with van der Waals surface area (Å²) in [5, 5.41) is 3.42. The van der Waals surface area contributed by atoms with Gasteiger partial charge in [0.1, 0.15) is 5.54 Å². The highest BCUT2D eigenvalue weighted by atomic mass is 32.2. The van der Waals surface area contributed by atoms with Crippen LogP contribution in [-0.4, -0.2) is 36.7 Å². The van der Waals surface area contributed by atoms with Crippen LogP contribution in [0, 0.1) is 5.92 Å². The number of nitrogens with one attached hydrogen (secondary N) is 1. The van der Waals surface area contributed by atoms with Gasteiger partial charge in [-0.1, -0.05) is 13.3 Å². The number of rotatable bonds is 7. The molecular weight excluding hydrogens is 234 g/mol. The minimum absolute atomic E-state index is 0.0366. The number of likely N-dealkylation sites (N-methyl/N-ethyl adjacent to an activating group) is 1. The minimum Gasteiger partial charge on any atom is -0.465 e. The summed E-state index contributed by atoms with van der Waals surface area (Å²) in [6.07, 6.45) is 6.43. The highest BCUT2D eigenvalue weighted by Gasteiger charge is 2.48. The van der Waals surface area contributed by atoms with Gasteiger partial charge in [0.05, 0.1) is 6.61 Å². The smallest absolute Gasteiger partial charge is 0.326 e. The van der Waals surface area contributed by atoms with Crippen LogP contribution in [0.4, 0.5) is 0 Å². The lowest BCUT2D eigenvalue weighted by molar-refractivity contribution is -0.153. The predicted octanol–water partition coefficient (Wildman–Crippen LogP) is 2.45. The van der Waals surface area contributed by atoms with Gasteiger partial charge in [-0.15, -0.1) is 0 Å². The number of hydrogen-bond acceptors (Lipinski definition) is 4. The number of carbonyl (C=O) groups excluding carboxylic acids is 1. The third-order valence-corrected chi connectivity index (χ3v) is 4.27. The molecule has 0 aromatic rings. The second-order valence-electron chi connectivity index (χ2n) is 4.59. The topological polar surface area (TPSA) is 38.3 Å². The molecule has 0 aromatic carbocycles. The summed E-state index contributed by atoms with van der Waals surface area (Å²) >= 11 is 1.85. The number of ether oxygens (including phenoxy) is 1. The summed E-state index contributed by atoms with van der Waals surface area (Å²) in [6, 6.07) is 0. The van der Waals surface area contributed by atoms with E-state index < -0.39 is 5.54 Å². The summed E-state index contributed by atoms with van der Waals surface area (Å²) < 4.78 is 5.28. The van der Waals surface area contributed by atoms with Crippen molar-refractivity contribution in [3.05, 3.63) is 0 Å². The fourth-order valence-electron chi connectivity index (χ4n) is 2.88. The molecule has 2 atom stereocenters. The SMILES string of the molecule is CCNC1(C(=O)OCC)CCCC1CCSC. The van der Waals surface area contributed by atoms with E-state index in [9.17, 15) is 4.79 Å². The third-order valence-electron chi connectivity index (χ3n) is 3.62. The molecule has 1 aliphatic carbocycles. The maximum atomic E-state index is 12.2. The molecule has 100 valence electrons. The molecule has 2 unspecified atom stereocenters. The molecule has 1 aliphatic rings. The Hall–Kier alpha value is -0.220. The molecule has 0 saturated heterocycles. The normalized spacial score (nSPS) is 28.3. The average molecular weight is 259 g/mol. The Bertz CT molecular complexity index is 248. The van der Waals surface area contributed by atoms with Gasteiger partial charge in [-0.05, 0) is 50.7 Å². The van der Waals surface area contributed by atoms with Gasteiger partial charge in [0, 0.05) is 0 Å². The summed E-state index contributed by atoms with van der Waals surface area (Å²) in [6.45, 7) is 5.24. The van der Waals surface area contributed by atoms with Gasteiger partial charge in [-0.3, -0.25) is 4.79 Å². The Morgan fingerprint density at radius 3 is 2.88 bits per heavy atom. The van der Waals surface area contributed by atoms with Crippen LogP contribution >= 0.6 is 11.8 Å². The lowest BCUT2D eigenvalue weighted by atomic mass is 9.85. The zero-order valence-corrected chi connectivity index (χ0v) is 12.1. The van der Waals surface area contributed by atoms with Crippen molar-refractivity contribution in [1.82, 2.24) is 5.32 Å². The Kier molecular flexibility index (Phi) is 6.34. The van der Waals surface area contributed by atoms with Gasteiger partial charge in [0.25, 0.3) is 0 Å². The van der Waals surface area contributed by atoms with E-state index in [2.05, 4.69) is 18.5 Å². The molecule has 4 heteroatoms. The van der Waals surface area contributed by atoms with Crippen molar-refractivity contribution in [3.63, 3.8) is 0 Å². The van der Waals surface area contributed by atoms with Crippen molar-refractivity contribution in [1.29, 1.82) is 0 Å². The van der Waals surface area contributed by atoms with Crippen molar-refractivity contribution >= 4 is 17.7 Å². The molecule has 0 heterocycles. The van der Waals surface area contributed by atoms with E-state index in [4.69, 9.17) is 4.74 Å². The highest BCUT2D eigenvalue weighted by molar-refractivity contribution is 7.98. The average Bonchev–Trinajstić information content (AvgIpc) is 2.71. The lowest BCUT2D eigenvalue weighted by Crippen LogP contribution is -2.55. The highest BCUT2D eigenvalue weighted by Crippen LogP contribution is 2.39. The van der Waals surface area contributed by atoms with Gasteiger partial charge in [-0.25, -0.2) is 0 Å². The molecule has 0 amide bonds. The van der Waals surface area contributed by atoms with Crippen molar-refractivity contribution in [3.8, 4) is 0 Å². The Balaban J connectivity index is 2.76. The molecule has 1 fully saturated rings. The fraction of sp³-hybridized carbons (Fsp3) is 0.923. The van der Waals surface area contributed by atoms with Gasteiger partial charge in [-0.2, -0.15) is 11.8 Å². The molecule has 17 heavy (non-hydrogen) atoms. The molecule has 0 bridgehead atoms. The Morgan fingerprint density at radius 1 is 1.53 bits per heavy atom. The van der Waals surface area contributed by atoms with Crippen molar-refractivity contribution < 1.29 is 9.53 Å². The van der Waals surface area contributed by atoms with Crippen LogP contribution in [0.15, 0.2) is 0 Å².